The Balaban J connectivity index is 1.25. The third-order valence-electron chi connectivity index (χ3n) is 8.55. The van der Waals surface area contributed by atoms with Crippen molar-refractivity contribution in [2.45, 2.75) is 63.0 Å². The molecular formula is C30H36ClN5O3. The van der Waals surface area contributed by atoms with Crippen LogP contribution < -0.4 is 4.90 Å². The molecule has 3 fully saturated rings. The number of ether oxygens (including phenoxy) is 1. The molecule has 206 valence electrons. The van der Waals surface area contributed by atoms with Crippen molar-refractivity contribution in [3.63, 3.8) is 0 Å². The quantitative estimate of drug-likeness (QED) is 0.508. The molecule has 2 amide bonds. The SMILES string of the molecule is CN(C(=O)OC1CCCCC1)[C@@H]1CN(C(=O)C2CCN(c3ccc(C#N)cn3)CC2)C[C@H]1c1ccc(Cl)cc1. The van der Waals surface area contributed by atoms with Crippen LogP contribution in [0.2, 0.25) is 5.02 Å². The van der Waals surface area contributed by atoms with Crippen LogP contribution in [-0.2, 0) is 9.53 Å². The van der Waals surface area contributed by atoms with Crippen LogP contribution in [0.25, 0.3) is 0 Å². The standard InChI is InChI=1S/C30H36ClN5O3/c1-34(30(38)39-25-5-3-2-4-6-25)27-20-36(19-26(27)22-8-10-24(31)11-9-22)29(37)23-13-15-35(16-14-23)28-12-7-21(17-32)18-33-28/h7-12,18,23,25-27H,2-6,13-16,19-20H2,1H3/t26-,27+/m0/s1. The number of carbonyl (C=O) groups excluding carboxylic acids is 2. The van der Waals surface area contributed by atoms with E-state index in [0.717, 1.165) is 63.0 Å². The zero-order valence-corrected chi connectivity index (χ0v) is 23.2. The molecule has 5 rings (SSSR count). The Kier molecular flexibility index (Phi) is 8.56. The van der Waals surface area contributed by atoms with Gasteiger partial charge in [0.2, 0.25) is 5.91 Å². The summed E-state index contributed by atoms with van der Waals surface area (Å²) in [5, 5.41) is 9.68. The number of piperidine rings is 1. The molecule has 3 heterocycles. The summed E-state index contributed by atoms with van der Waals surface area (Å²) in [6, 6.07) is 13.3. The normalized spacial score (nSPS) is 22.4. The molecular weight excluding hydrogens is 514 g/mol. The second-order valence-electron chi connectivity index (χ2n) is 11.0. The first kappa shape index (κ1) is 27.3. The van der Waals surface area contributed by atoms with Crippen molar-refractivity contribution in [2.24, 2.45) is 5.92 Å². The van der Waals surface area contributed by atoms with Crippen LogP contribution in [0.4, 0.5) is 10.6 Å². The number of benzene rings is 1. The van der Waals surface area contributed by atoms with Gasteiger partial charge in [0.15, 0.2) is 0 Å². The fourth-order valence-corrected chi connectivity index (χ4v) is 6.32. The summed E-state index contributed by atoms with van der Waals surface area (Å²) in [6.07, 6.45) is 8.00. The van der Waals surface area contributed by atoms with Crippen molar-refractivity contribution in [2.75, 3.05) is 38.1 Å². The number of hydrogen-bond acceptors (Lipinski definition) is 6. The van der Waals surface area contributed by atoms with E-state index in [1.807, 2.05) is 35.2 Å². The molecule has 2 atom stereocenters. The predicted octanol–water partition coefficient (Wildman–Crippen LogP) is 5.22. The van der Waals surface area contributed by atoms with Crippen LogP contribution in [0.3, 0.4) is 0 Å². The molecule has 2 aromatic rings. The molecule has 0 spiro atoms. The van der Waals surface area contributed by atoms with Crippen molar-refractivity contribution in [1.29, 1.82) is 5.26 Å². The highest BCUT2D eigenvalue weighted by molar-refractivity contribution is 6.30. The number of rotatable bonds is 5. The molecule has 3 aliphatic rings. The molecule has 0 bridgehead atoms. The van der Waals surface area contributed by atoms with Gasteiger partial charge in [-0.1, -0.05) is 30.2 Å². The third kappa shape index (κ3) is 6.30. The highest BCUT2D eigenvalue weighted by Crippen LogP contribution is 2.34. The Labute approximate surface area is 235 Å². The number of pyridine rings is 1. The number of anilines is 1. The summed E-state index contributed by atoms with van der Waals surface area (Å²) >= 11 is 6.16. The van der Waals surface area contributed by atoms with Gasteiger partial charge >= 0.3 is 6.09 Å². The Hall–Kier alpha value is -3.31. The van der Waals surface area contributed by atoms with Crippen molar-refractivity contribution >= 4 is 29.4 Å². The molecule has 1 aromatic heterocycles. The summed E-state index contributed by atoms with van der Waals surface area (Å²) in [7, 11) is 1.80. The number of halogens is 1. The highest BCUT2D eigenvalue weighted by atomic mass is 35.5. The molecule has 9 heteroatoms. The third-order valence-corrected chi connectivity index (χ3v) is 8.80. The predicted molar refractivity (Wildman–Crippen MR) is 150 cm³/mol. The van der Waals surface area contributed by atoms with Gasteiger partial charge in [-0.15, -0.1) is 0 Å². The van der Waals surface area contributed by atoms with Gasteiger partial charge < -0.3 is 19.4 Å². The van der Waals surface area contributed by atoms with Crippen LogP contribution >= 0.6 is 11.6 Å². The summed E-state index contributed by atoms with van der Waals surface area (Å²) in [5.74, 6) is 0.904. The van der Waals surface area contributed by atoms with Crippen molar-refractivity contribution in [1.82, 2.24) is 14.8 Å². The van der Waals surface area contributed by atoms with Crippen molar-refractivity contribution < 1.29 is 14.3 Å². The summed E-state index contributed by atoms with van der Waals surface area (Å²) in [6.45, 7) is 2.52. The molecule has 0 radical (unpaired) electrons. The summed E-state index contributed by atoms with van der Waals surface area (Å²) < 4.78 is 5.88. The van der Waals surface area contributed by atoms with Crippen LogP contribution in [-0.4, -0.2) is 72.2 Å². The maximum Gasteiger partial charge on any atom is 0.410 e. The highest BCUT2D eigenvalue weighted by Gasteiger charge is 2.42. The second kappa shape index (κ2) is 12.3. The van der Waals surface area contributed by atoms with E-state index in [1.54, 1.807) is 24.2 Å². The topological polar surface area (TPSA) is 89.8 Å². The minimum absolute atomic E-state index is 0.0157. The van der Waals surface area contributed by atoms with Gasteiger partial charge in [0.1, 0.15) is 18.0 Å². The number of carbonyl (C=O) groups is 2. The molecule has 1 aromatic carbocycles. The fourth-order valence-electron chi connectivity index (χ4n) is 6.19. The minimum atomic E-state index is -0.302. The number of amides is 2. The van der Waals surface area contributed by atoms with E-state index in [9.17, 15) is 9.59 Å². The average molecular weight is 550 g/mol. The molecule has 0 unspecified atom stereocenters. The second-order valence-corrected chi connectivity index (χ2v) is 11.4. The lowest BCUT2D eigenvalue weighted by Gasteiger charge is -2.34. The molecule has 1 aliphatic carbocycles. The van der Waals surface area contributed by atoms with E-state index < -0.39 is 0 Å². The Morgan fingerprint density at radius 3 is 2.38 bits per heavy atom. The zero-order chi connectivity index (χ0) is 27.4. The van der Waals surface area contributed by atoms with Crippen LogP contribution in [0.15, 0.2) is 42.6 Å². The first-order valence-corrected chi connectivity index (χ1v) is 14.4. The Morgan fingerprint density at radius 1 is 1.03 bits per heavy atom. The molecule has 0 N–H and O–H groups in total. The molecule has 39 heavy (non-hydrogen) atoms. The fraction of sp³-hybridized carbons (Fsp3) is 0.533. The van der Waals surface area contributed by atoms with E-state index in [-0.39, 0.29) is 36.0 Å². The lowest BCUT2D eigenvalue weighted by molar-refractivity contribution is -0.135. The Bertz CT molecular complexity index is 1180. The number of nitrogens with zero attached hydrogens (tertiary/aromatic N) is 5. The maximum atomic E-state index is 13.7. The monoisotopic (exact) mass is 549 g/mol. The van der Waals surface area contributed by atoms with Crippen molar-refractivity contribution in [3.8, 4) is 6.07 Å². The van der Waals surface area contributed by atoms with Crippen LogP contribution in [0.1, 0.15) is 62.0 Å². The van der Waals surface area contributed by atoms with Crippen LogP contribution in [0.5, 0.6) is 0 Å². The van der Waals surface area contributed by atoms with Gasteiger partial charge in [0.25, 0.3) is 0 Å². The van der Waals surface area contributed by atoms with Gasteiger partial charge in [-0.25, -0.2) is 9.78 Å². The first-order chi connectivity index (χ1) is 18.9. The van der Waals surface area contributed by atoms with Crippen molar-refractivity contribution in [3.05, 3.63) is 58.7 Å². The van der Waals surface area contributed by atoms with E-state index in [4.69, 9.17) is 21.6 Å². The van der Waals surface area contributed by atoms with Gasteiger partial charge in [-0.2, -0.15) is 5.26 Å². The molecule has 8 nitrogen and oxygen atoms in total. The smallest absolute Gasteiger partial charge is 0.410 e. The number of likely N-dealkylation sites (N-methyl/N-ethyl adjacent to an activating group) is 1. The van der Waals surface area contributed by atoms with E-state index in [2.05, 4.69) is 16.0 Å². The molecule has 2 aliphatic heterocycles. The number of aromatic nitrogens is 1. The first-order valence-electron chi connectivity index (χ1n) is 14.0. The molecule has 2 saturated heterocycles. The number of nitriles is 1. The Morgan fingerprint density at radius 2 is 1.74 bits per heavy atom. The maximum absolute atomic E-state index is 13.7. The number of hydrogen-bond donors (Lipinski definition) is 0. The largest absolute Gasteiger partial charge is 0.446 e. The molecule has 1 saturated carbocycles. The lowest BCUT2D eigenvalue weighted by Crippen LogP contribution is -2.45. The van der Waals surface area contributed by atoms with Gasteiger partial charge in [0, 0.05) is 56.3 Å². The van der Waals surface area contributed by atoms with E-state index >= 15 is 0 Å². The van der Waals surface area contributed by atoms with E-state index in [0.29, 0.717) is 23.7 Å². The zero-order valence-electron chi connectivity index (χ0n) is 22.5. The average Bonchev–Trinajstić information content (AvgIpc) is 3.43. The van der Waals surface area contributed by atoms with Gasteiger partial charge in [0.05, 0.1) is 11.6 Å². The van der Waals surface area contributed by atoms with Gasteiger partial charge in [-0.05, 0) is 68.4 Å². The summed E-state index contributed by atoms with van der Waals surface area (Å²) in [5.41, 5.74) is 1.61. The minimum Gasteiger partial charge on any atom is -0.446 e. The van der Waals surface area contributed by atoms with Gasteiger partial charge in [-0.3, -0.25) is 4.79 Å². The lowest BCUT2D eigenvalue weighted by atomic mass is 9.93. The van der Waals surface area contributed by atoms with Crippen LogP contribution in [0, 0.1) is 17.2 Å². The van der Waals surface area contributed by atoms with E-state index in [1.165, 1.54) is 6.42 Å². The number of likely N-dealkylation sites (tertiary alicyclic amines) is 1. The summed E-state index contributed by atoms with van der Waals surface area (Å²) in [4.78, 5) is 37.1.